The van der Waals surface area contributed by atoms with E-state index < -0.39 is 17.6 Å². The molecule has 0 aromatic carbocycles. The van der Waals surface area contributed by atoms with E-state index in [9.17, 15) is 18.0 Å². The molecule has 0 saturated carbocycles. The van der Waals surface area contributed by atoms with Crippen LogP contribution in [-0.4, -0.2) is 16.6 Å². The van der Waals surface area contributed by atoms with Crippen molar-refractivity contribution in [2.75, 3.05) is 5.75 Å². The molecule has 0 bridgehead atoms. The van der Waals surface area contributed by atoms with Gasteiger partial charge in [-0.25, -0.2) is 10.8 Å². The topological polar surface area (TPSA) is 68.0 Å². The Balaban J connectivity index is 2.62. The van der Waals surface area contributed by atoms with Gasteiger partial charge < -0.3 is 0 Å². The van der Waals surface area contributed by atoms with Crippen LogP contribution in [0.5, 0.6) is 0 Å². The molecule has 0 aliphatic rings. The fraction of sp³-hybridized carbons (Fsp3) is 0.250. The van der Waals surface area contributed by atoms with E-state index in [0.717, 1.165) is 24.0 Å². The highest BCUT2D eigenvalue weighted by molar-refractivity contribution is 7.99. The van der Waals surface area contributed by atoms with Gasteiger partial charge in [0, 0.05) is 6.20 Å². The van der Waals surface area contributed by atoms with Crippen LogP contribution in [0.25, 0.3) is 0 Å². The van der Waals surface area contributed by atoms with E-state index in [-0.39, 0.29) is 5.75 Å². The first-order valence-corrected chi connectivity index (χ1v) is 5.07. The fourth-order valence-corrected chi connectivity index (χ4v) is 1.47. The van der Waals surface area contributed by atoms with Gasteiger partial charge in [-0.1, -0.05) is 11.8 Å². The first kappa shape index (κ1) is 12.8. The lowest BCUT2D eigenvalue weighted by molar-refractivity contribution is -0.137. The maximum absolute atomic E-state index is 12.2. The van der Waals surface area contributed by atoms with E-state index in [4.69, 9.17) is 5.84 Å². The van der Waals surface area contributed by atoms with Crippen LogP contribution in [-0.2, 0) is 11.0 Å². The molecule has 1 heterocycles. The van der Waals surface area contributed by atoms with Crippen molar-refractivity contribution >= 4 is 17.7 Å². The Morgan fingerprint density at radius 3 is 2.62 bits per heavy atom. The lowest BCUT2D eigenvalue weighted by Crippen LogP contribution is -2.31. The first-order valence-electron chi connectivity index (χ1n) is 4.09. The molecule has 1 rings (SSSR count). The monoisotopic (exact) mass is 251 g/mol. The molecule has 0 unspecified atom stereocenters. The minimum atomic E-state index is -4.40. The lowest BCUT2D eigenvalue weighted by atomic mass is 10.3. The van der Waals surface area contributed by atoms with Gasteiger partial charge in [0.15, 0.2) is 0 Å². The van der Waals surface area contributed by atoms with Gasteiger partial charge in [0.05, 0.1) is 16.3 Å². The Bertz CT molecular complexity index is 366. The van der Waals surface area contributed by atoms with Crippen molar-refractivity contribution in [2.45, 2.75) is 11.2 Å². The quantitative estimate of drug-likeness (QED) is 0.366. The summed E-state index contributed by atoms with van der Waals surface area (Å²) in [5.74, 6) is 4.42. The van der Waals surface area contributed by atoms with Crippen LogP contribution in [0.1, 0.15) is 5.56 Å². The fourth-order valence-electron chi connectivity index (χ4n) is 0.815. The number of alkyl halides is 3. The normalized spacial score (nSPS) is 11.2. The molecule has 1 aromatic rings. The average Bonchev–Trinajstić information content (AvgIpc) is 2.25. The summed E-state index contributed by atoms with van der Waals surface area (Å²) in [6.07, 6.45) is -3.67. The zero-order valence-corrected chi connectivity index (χ0v) is 8.73. The number of rotatable bonds is 3. The Morgan fingerprint density at radius 1 is 1.50 bits per heavy atom. The minimum Gasteiger partial charge on any atom is -0.294 e. The highest BCUT2D eigenvalue weighted by atomic mass is 32.2. The second-order valence-corrected chi connectivity index (χ2v) is 3.73. The molecule has 8 heteroatoms. The van der Waals surface area contributed by atoms with Crippen molar-refractivity contribution in [1.82, 2.24) is 10.4 Å². The molecule has 4 nitrogen and oxygen atoms in total. The molecule has 1 amide bonds. The van der Waals surface area contributed by atoms with Gasteiger partial charge >= 0.3 is 6.18 Å². The Labute approximate surface area is 93.4 Å². The molecule has 0 radical (unpaired) electrons. The molecular formula is C8H8F3N3OS. The molecule has 88 valence electrons. The third-order valence-electron chi connectivity index (χ3n) is 1.58. The molecular weight excluding hydrogens is 243 g/mol. The third kappa shape index (κ3) is 3.70. The summed E-state index contributed by atoms with van der Waals surface area (Å²) < 4.78 is 36.5. The summed E-state index contributed by atoms with van der Waals surface area (Å²) in [6.45, 7) is 0. The zero-order chi connectivity index (χ0) is 12.2. The summed E-state index contributed by atoms with van der Waals surface area (Å²) in [7, 11) is 0. The second-order valence-electron chi connectivity index (χ2n) is 2.74. The molecule has 0 aliphatic carbocycles. The smallest absolute Gasteiger partial charge is 0.294 e. The van der Waals surface area contributed by atoms with Crippen LogP contribution in [0.4, 0.5) is 13.2 Å². The van der Waals surface area contributed by atoms with Crippen LogP contribution in [0.15, 0.2) is 23.4 Å². The number of thioether (sulfide) groups is 1. The van der Waals surface area contributed by atoms with Gasteiger partial charge in [0.1, 0.15) is 0 Å². The van der Waals surface area contributed by atoms with Crippen molar-refractivity contribution in [3.05, 3.63) is 23.9 Å². The molecule has 0 aliphatic heterocycles. The van der Waals surface area contributed by atoms with Crippen molar-refractivity contribution in [3.8, 4) is 0 Å². The number of pyridine rings is 1. The van der Waals surface area contributed by atoms with E-state index in [2.05, 4.69) is 4.98 Å². The Kier molecular flexibility index (Phi) is 4.13. The van der Waals surface area contributed by atoms with E-state index in [1.54, 1.807) is 0 Å². The summed E-state index contributed by atoms with van der Waals surface area (Å²) in [5.41, 5.74) is 1.08. The predicted octanol–water partition coefficient (Wildman–Crippen LogP) is 1.18. The minimum absolute atomic E-state index is 0.00879. The summed E-state index contributed by atoms with van der Waals surface area (Å²) in [4.78, 5) is 14.3. The molecule has 0 saturated heterocycles. The van der Waals surface area contributed by atoms with E-state index in [1.807, 2.05) is 5.43 Å². The first-order chi connectivity index (χ1) is 7.43. The number of nitrogens with two attached hydrogens (primary N) is 1. The Morgan fingerprint density at radius 2 is 2.19 bits per heavy atom. The molecule has 3 N–H and O–H groups in total. The largest absolute Gasteiger partial charge is 0.417 e. The van der Waals surface area contributed by atoms with E-state index >= 15 is 0 Å². The number of hydrogen-bond acceptors (Lipinski definition) is 4. The molecule has 0 fully saturated rings. The van der Waals surface area contributed by atoms with Gasteiger partial charge in [-0.3, -0.25) is 10.2 Å². The molecule has 0 spiro atoms. The van der Waals surface area contributed by atoms with Crippen LogP contribution in [0, 0.1) is 0 Å². The summed E-state index contributed by atoms with van der Waals surface area (Å²) >= 11 is 1.00. The van der Waals surface area contributed by atoms with Crippen LogP contribution >= 0.6 is 11.8 Å². The van der Waals surface area contributed by atoms with Crippen LogP contribution in [0.3, 0.4) is 0 Å². The van der Waals surface area contributed by atoms with Crippen molar-refractivity contribution in [2.24, 2.45) is 5.84 Å². The van der Waals surface area contributed by atoms with Gasteiger partial charge in [0.2, 0.25) is 5.91 Å². The highest BCUT2D eigenvalue weighted by Crippen LogP contribution is 2.29. The lowest BCUT2D eigenvalue weighted by Gasteiger charge is -2.06. The number of carbonyl (C=O) groups is 1. The zero-order valence-electron chi connectivity index (χ0n) is 7.91. The number of aromatic nitrogens is 1. The number of hydrogen-bond donors (Lipinski definition) is 2. The average molecular weight is 251 g/mol. The summed E-state index contributed by atoms with van der Waals surface area (Å²) in [6, 6.07) is 2.12. The molecule has 0 atom stereocenters. The van der Waals surface area contributed by atoms with E-state index in [1.165, 1.54) is 6.07 Å². The van der Waals surface area contributed by atoms with E-state index in [0.29, 0.717) is 5.03 Å². The standard InChI is InChI=1S/C8H8F3N3OS/c9-8(10,11)5-1-2-7(13-3-5)16-4-6(15)14-12/h1-3H,4,12H2,(H,14,15). The number of nitrogens with one attached hydrogen (secondary N) is 1. The van der Waals surface area contributed by atoms with Gasteiger partial charge in [-0.2, -0.15) is 13.2 Å². The molecule has 16 heavy (non-hydrogen) atoms. The third-order valence-corrected chi connectivity index (χ3v) is 2.52. The number of nitrogens with zero attached hydrogens (tertiary/aromatic N) is 1. The van der Waals surface area contributed by atoms with Crippen molar-refractivity contribution in [1.29, 1.82) is 0 Å². The van der Waals surface area contributed by atoms with Crippen LogP contribution in [0.2, 0.25) is 0 Å². The summed E-state index contributed by atoms with van der Waals surface area (Å²) in [5, 5.41) is 0.330. The predicted molar refractivity (Wildman–Crippen MR) is 52.3 cm³/mol. The van der Waals surface area contributed by atoms with Gasteiger partial charge in [-0.05, 0) is 12.1 Å². The van der Waals surface area contributed by atoms with Crippen molar-refractivity contribution in [3.63, 3.8) is 0 Å². The maximum atomic E-state index is 12.2. The van der Waals surface area contributed by atoms with Crippen molar-refractivity contribution < 1.29 is 18.0 Å². The number of amides is 1. The highest BCUT2D eigenvalue weighted by Gasteiger charge is 2.30. The van der Waals surface area contributed by atoms with Gasteiger partial charge in [0.25, 0.3) is 0 Å². The van der Waals surface area contributed by atoms with Crippen LogP contribution < -0.4 is 11.3 Å². The Hall–Kier alpha value is -1.28. The number of hydrazine groups is 1. The number of carbonyl (C=O) groups excluding carboxylic acids is 1. The maximum Gasteiger partial charge on any atom is 0.417 e. The second kappa shape index (κ2) is 5.17. The molecule has 1 aromatic heterocycles. The SMILES string of the molecule is NNC(=O)CSc1ccc(C(F)(F)F)cn1. The number of halogens is 3. The van der Waals surface area contributed by atoms with Gasteiger partial charge in [-0.15, -0.1) is 0 Å².